The average molecular weight is 419 g/mol. The molecule has 0 aliphatic carbocycles. The van der Waals surface area contributed by atoms with Gasteiger partial charge in [0.25, 0.3) is 0 Å². The van der Waals surface area contributed by atoms with Crippen molar-refractivity contribution in [2.45, 2.75) is 106 Å². The standard InChI is InChI=1S/C26H42O4/c1-18-17-21(13-9-8-11-15-25(4,5)23(27)28)20(3)22(19(18)2)14-10-12-16-26(6,7)24(29)30/h17H,8-16H2,1-7H3,(H,27,28)(H,29,30). The Hall–Kier alpha value is -1.84. The van der Waals surface area contributed by atoms with E-state index in [2.05, 4.69) is 26.8 Å². The van der Waals surface area contributed by atoms with E-state index < -0.39 is 22.8 Å². The highest BCUT2D eigenvalue weighted by atomic mass is 16.4. The number of rotatable bonds is 13. The van der Waals surface area contributed by atoms with Gasteiger partial charge in [0, 0.05) is 0 Å². The smallest absolute Gasteiger partial charge is 0.309 e. The summed E-state index contributed by atoms with van der Waals surface area (Å²) >= 11 is 0. The lowest BCUT2D eigenvalue weighted by Crippen LogP contribution is -2.23. The van der Waals surface area contributed by atoms with E-state index in [1.54, 1.807) is 27.7 Å². The van der Waals surface area contributed by atoms with Gasteiger partial charge < -0.3 is 10.2 Å². The number of hydrogen-bond acceptors (Lipinski definition) is 2. The average Bonchev–Trinajstić information content (AvgIpc) is 2.64. The monoisotopic (exact) mass is 418 g/mol. The Kier molecular flexibility index (Phi) is 9.58. The largest absolute Gasteiger partial charge is 0.481 e. The van der Waals surface area contributed by atoms with Crippen LogP contribution in [0.3, 0.4) is 0 Å². The fourth-order valence-corrected chi connectivity index (χ4v) is 3.97. The summed E-state index contributed by atoms with van der Waals surface area (Å²) in [5, 5.41) is 18.5. The SMILES string of the molecule is Cc1cc(CCCCCC(C)(C)C(=O)O)c(C)c(CCCCC(C)(C)C(=O)O)c1C. The van der Waals surface area contributed by atoms with Gasteiger partial charge in [-0.15, -0.1) is 0 Å². The summed E-state index contributed by atoms with van der Waals surface area (Å²) in [4.78, 5) is 22.5. The minimum atomic E-state index is -0.723. The molecule has 0 heterocycles. The van der Waals surface area contributed by atoms with Crippen molar-refractivity contribution in [3.05, 3.63) is 33.9 Å². The number of unbranched alkanes of at least 4 members (excludes halogenated alkanes) is 3. The van der Waals surface area contributed by atoms with E-state index in [4.69, 9.17) is 0 Å². The van der Waals surface area contributed by atoms with Crippen LogP contribution in [0.5, 0.6) is 0 Å². The Morgan fingerprint density at radius 2 is 1.20 bits per heavy atom. The van der Waals surface area contributed by atoms with Gasteiger partial charge in [0.1, 0.15) is 0 Å². The molecular formula is C26H42O4. The first kappa shape index (κ1) is 26.2. The van der Waals surface area contributed by atoms with Crippen molar-refractivity contribution >= 4 is 11.9 Å². The van der Waals surface area contributed by atoms with Crippen LogP contribution >= 0.6 is 0 Å². The van der Waals surface area contributed by atoms with Crippen LogP contribution in [-0.2, 0) is 22.4 Å². The van der Waals surface area contributed by atoms with Crippen LogP contribution in [0.4, 0.5) is 0 Å². The summed E-state index contributed by atoms with van der Waals surface area (Å²) in [6, 6.07) is 2.31. The Labute approximate surface area is 183 Å². The molecule has 0 radical (unpaired) electrons. The van der Waals surface area contributed by atoms with Gasteiger partial charge in [-0.2, -0.15) is 0 Å². The summed E-state index contributed by atoms with van der Waals surface area (Å²) in [7, 11) is 0. The highest BCUT2D eigenvalue weighted by molar-refractivity contribution is 5.73. The zero-order chi connectivity index (χ0) is 23.1. The second-order valence-corrected chi connectivity index (χ2v) is 10.2. The van der Waals surface area contributed by atoms with Crippen LogP contribution in [0.2, 0.25) is 0 Å². The molecule has 0 saturated carbocycles. The molecule has 1 aromatic rings. The van der Waals surface area contributed by atoms with Crippen LogP contribution < -0.4 is 0 Å². The summed E-state index contributed by atoms with van der Waals surface area (Å²) in [6.07, 6.45) is 8.42. The lowest BCUT2D eigenvalue weighted by Gasteiger charge is -2.20. The maximum absolute atomic E-state index is 11.3. The molecule has 170 valence electrons. The van der Waals surface area contributed by atoms with Crippen molar-refractivity contribution in [3.8, 4) is 0 Å². The molecule has 0 aliphatic heterocycles. The summed E-state index contributed by atoms with van der Waals surface area (Å²) in [6.45, 7) is 13.8. The first-order chi connectivity index (χ1) is 13.8. The highest BCUT2D eigenvalue weighted by Crippen LogP contribution is 2.29. The predicted molar refractivity (Wildman–Crippen MR) is 123 cm³/mol. The Morgan fingerprint density at radius 1 is 0.733 bits per heavy atom. The minimum absolute atomic E-state index is 0.640. The van der Waals surface area contributed by atoms with Gasteiger partial charge in [-0.3, -0.25) is 9.59 Å². The summed E-state index contributed by atoms with van der Waals surface area (Å²) in [5.41, 5.74) is 5.58. The molecule has 0 fully saturated rings. The normalized spacial score (nSPS) is 12.2. The zero-order valence-electron chi connectivity index (χ0n) is 20.2. The van der Waals surface area contributed by atoms with Crippen LogP contribution in [0, 0.1) is 31.6 Å². The predicted octanol–water partition coefficient (Wildman–Crippen LogP) is 6.65. The van der Waals surface area contributed by atoms with Gasteiger partial charge in [-0.25, -0.2) is 0 Å². The highest BCUT2D eigenvalue weighted by Gasteiger charge is 2.27. The number of carboxylic acid groups (broad SMARTS) is 2. The zero-order valence-corrected chi connectivity index (χ0v) is 20.2. The Bertz CT molecular complexity index is 744. The first-order valence-corrected chi connectivity index (χ1v) is 11.3. The quantitative estimate of drug-likeness (QED) is 0.352. The molecule has 0 bridgehead atoms. The van der Waals surface area contributed by atoms with Gasteiger partial charge >= 0.3 is 11.9 Å². The summed E-state index contributed by atoms with van der Waals surface area (Å²) in [5.74, 6) is -1.44. The molecule has 0 atom stereocenters. The van der Waals surface area contributed by atoms with Gasteiger partial charge in [0.15, 0.2) is 0 Å². The van der Waals surface area contributed by atoms with E-state index >= 15 is 0 Å². The lowest BCUT2D eigenvalue weighted by molar-refractivity contribution is -0.148. The minimum Gasteiger partial charge on any atom is -0.481 e. The van der Waals surface area contributed by atoms with Gasteiger partial charge in [-0.05, 0) is 115 Å². The van der Waals surface area contributed by atoms with Crippen molar-refractivity contribution in [2.24, 2.45) is 10.8 Å². The van der Waals surface area contributed by atoms with Crippen molar-refractivity contribution in [2.75, 3.05) is 0 Å². The molecule has 0 aromatic heterocycles. The second kappa shape index (κ2) is 11.0. The maximum atomic E-state index is 11.3. The van der Waals surface area contributed by atoms with Gasteiger partial charge in [-0.1, -0.05) is 25.3 Å². The molecule has 1 aromatic carbocycles. The Balaban J connectivity index is 2.65. The molecule has 2 N–H and O–H groups in total. The Morgan fingerprint density at radius 3 is 1.70 bits per heavy atom. The van der Waals surface area contributed by atoms with E-state index in [-0.39, 0.29) is 0 Å². The number of aryl methyl sites for hydroxylation is 2. The third-order valence-electron chi connectivity index (χ3n) is 6.75. The van der Waals surface area contributed by atoms with Crippen LogP contribution in [0.15, 0.2) is 6.07 Å². The van der Waals surface area contributed by atoms with Crippen LogP contribution in [-0.4, -0.2) is 22.2 Å². The molecule has 0 unspecified atom stereocenters. The number of carboxylic acids is 2. The van der Waals surface area contributed by atoms with E-state index in [0.717, 1.165) is 44.9 Å². The number of hydrogen-bond donors (Lipinski definition) is 2. The molecule has 0 saturated heterocycles. The molecule has 0 amide bonds. The summed E-state index contributed by atoms with van der Waals surface area (Å²) < 4.78 is 0. The van der Waals surface area contributed by atoms with Crippen molar-refractivity contribution in [1.82, 2.24) is 0 Å². The van der Waals surface area contributed by atoms with Crippen LogP contribution in [0.1, 0.15) is 100 Å². The molecule has 0 aliphatic rings. The lowest BCUT2D eigenvalue weighted by atomic mass is 9.85. The molecule has 30 heavy (non-hydrogen) atoms. The van der Waals surface area contributed by atoms with Gasteiger partial charge in [0.2, 0.25) is 0 Å². The van der Waals surface area contributed by atoms with E-state index in [1.165, 1.54) is 27.8 Å². The van der Waals surface area contributed by atoms with Crippen LogP contribution in [0.25, 0.3) is 0 Å². The topological polar surface area (TPSA) is 74.6 Å². The number of aliphatic carboxylic acids is 2. The maximum Gasteiger partial charge on any atom is 0.309 e. The first-order valence-electron chi connectivity index (χ1n) is 11.3. The van der Waals surface area contributed by atoms with Crippen molar-refractivity contribution in [1.29, 1.82) is 0 Å². The number of carbonyl (C=O) groups is 2. The molecule has 1 rings (SSSR count). The fraction of sp³-hybridized carbons (Fsp3) is 0.692. The van der Waals surface area contributed by atoms with Gasteiger partial charge in [0.05, 0.1) is 10.8 Å². The molecule has 0 spiro atoms. The third-order valence-corrected chi connectivity index (χ3v) is 6.75. The second-order valence-electron chi connectivity index (χ2n) is 10.2. The van der Waals surface area contributed by atoms with Crippen molar-refractivity contribution in [3.63, 3.8) is 0 Å². The fourth-order valence-electron chi connectivity index (χ4n) is 3.97. The molecule has 4 nitrogen and oxygen atoms in total. The van der Waals surface area contributed by atoms with E-state index in [1.807, 2.05) is 0 Å². The van der Waals surface area contributed by atoms with Crippen molar-refractivity contribution < 1.29 is 19.8 Å². The number of benzene rings is 1. The molecular weight excluding hydrogens is 376 g/mol. The third kappa shape index (κ3) is 7.45. The van der Waals surface area contributed by atoms with E-state index in [9.17, 15) is 19.8 Å². The molecule has 4 heteroatoms. The van der Waals surface area contributed by atoms with E-state index in [0.29, 0.717) is 12.8 Å².